The molecule has 0 bridgehead atoms. The van der Waals surface area contributed by atoms with E-state index in [0.29, 0.717) is 0 Å². The number of fused-ring (bicyclic) bond motifs is 2. The zero-order chi connectivity index (χ0) is 18.6. The van der Waals surface area contributed by atoms with Gasteiger partial charge in [-0.25, -0.2) is 8.78 Å². The van der Waals surface area contributed by atoms with Crippen LogP contribution in [0.5, 0.6) is 0 Å². The molecule has 0 aromatic heterocycles. The number of benzene rings is 2. The lowest BCUT2D eigenvalue weighted by Crippen LogP contribution is -2.04. The Morgan fingerprint density at radius 3 is 1.50 bits per heavy atom. The first-order valence-corrected chi connectivity index (χ1v) is 10.3. The normalized spacial score (nSPS) is 20.7. The minimum absolute atomic E-state index is 0.211. The summed E-state index contributed by atoms with van der Waals surface area (Å²) in [4.78, 5) is 0. The van der Waals surface area contributed by atoms with E-state index in [4.69, 9.17) is 0 Å². The van der Waals surface area contributed by atoms with Gasteiger partial charge in [0.2, 0.25) is 0 Å². The quantitative estimate of drug-likeness (QED) is 0.418. The number of allylic oxidation sites excluding steroid dienone is 2. The van der Waals surface area contributed by atoms with E-state index < -0.39 is 0 Å². The van der Waals surface area contributed by atoms with Crippen LogP contribution < -0.4 is 0 Å². The predicted octanol–water partition coefficient (Wildman–Crippen LogP) is 7.97. The molecule has 0 saturated carbocycles. The maximum Gasteiger partial charge on any atom is 0.124 e. The molecule has 134 valence electrons. The van der Waals surface area contributed by atoms with Crippen LogP contribution in [0, 0.1) is 11.6 Å². The Balaban J connectivity index is 1.61. The monoisotopic (exact) mass is 478 g/mol. The summed E-state index contributed by atoms with van der Waals surface area (Å²) in [5.74, 6) is 0.00531. The summed E-state index contributed by atoms with van der Waals surface area (Å²) in [5, 5.41) is 0. The zero-order valence-corrected chi connectivity index (χ0v) is 17.7. The SMILES string of the molecule is CC1=Cc2c(Br)cc(F)cc2C1CCC1C(C)=Cc2c(Br)cc(F)cc21. The maximum absolute atomic E-state index is 13.9. The molecule has 2 aliphatic rings. The highest BCUT2D eigenvalue weighted by molar-refractivity contribution is 9.10. The van der Waals surface area contributed by atoms with Crippen LogP contribution >= 0.6 is 31.9 Å². The number of halogens is 4. The van der Waals surface area contributed by atoms with Gasteiger partial charge in [-0.15, -0.1) is 0 Å². The molecule has 0 amide bonds. The van der Waals surface area contributed by atoms with Crippen molar-refractivity contribution in [2.24, 2.45) is 0 Å². The van der Waals surface area contributed by atoms with Crippen molar-refractivity contribution in [3.05, 3.63) is 78.2 Å². The lowest BCUT2D eigenvalue weighted by molar-refractivity contribution is 0.590. The molecule has 0 fully saturated rings. The van der Waals surface area contributed by atoms with Gasteiger partial charge >= 0.3 is 0 Å². The maximum atomic E-state index is 13.9. The minimum atomic E-state index is -0.211. The third-order valence-corrected chi connectivity index (χ3v) is 6.90. The average molecular weight is 480 g/mol. The molecular formula is C22H18Br2F2. The zero-order valence-electron chi connectivity index (χ0n) is 14.5. The topological polar surface area (TPSA) is 0 Å². The van der Waals surface area contributed by atoms with Gasteiger partial charge in [0, 0.05) is 20.8 Å². The summed E-state index contributed by atoms with van der Waals surface area (Å²) in [5.41, 5.74) is 6.78. The third kappa shape index (κ3) is 3.01. The summed E-state index contributed by atoms with van der Waals surface area (Å²) in [6, 6.07) is 6.34. The molecule has 2 unspecified atom stereocenters. The smallest absolute Gasteiger partial charge is 0.124 e. The highest BCUT2D eigenvalue weighted by atomic mass is 79.9. The van der Waals surface area contributed by atoms with Crippen LogP contribution in [-0.4, -0.2) is 0 Å². The van der Waals surface area contributed by atoms with Gasteiger partial charge in [0.1, 0.15) is 11.6 Å². The standard InChI is InChI=1S/C22H18Br2F2/c1-11-5-19-17(7-13(25)9-21(19)23)15(11)3-4-16-12(2)6-20-18(16)8-14(26)10-22(20)24/h5-10,15-16H,3-4H2,1-2H3. The fourth-order valence-electron chi connectivity index (χ4n) is 4.34. The van der Waals surface area contributed by atoms with Crippen LogP contribution in [0.2, 0.25) is 0 Å². The number of hydrogen-bond acceptors (Lipinski definition) is 0. The Morgan fingerprint density at radius 2 is 1.12 bits per heavy atom. The fraction of sp³-hybridized carbons (Fsp3) is 0.273. The van der Waals surface area contributed by atoms with Crippen LogP contribution in [0.1, 0.15) is 60.8 Å². The first kappa shape index (κ1) is 18.1. The Hall–Kier alpha value is -1.26. The molecule has 2 aliphatic carbocycles. The molecule has 4 rings (SSSR count). The lowest BCUT2D eigenvalue weighted by atomic mass is 9.85. The summed E-state index contributed by atoms with van der Waals surface area (Å²) < 4.78 is 29.4. The molecule has 0 nitrogen and oxygen atoms in total. The Labute approximate surface area is 169 Å². The van der Waals surface area contributed by atoms with E-state index in [0.717, 1.165) is 44.0 Å². The van der Waals surface area contributed by atoms with Crippen molar-refractivity contribution in [1.29, 1.82) is 0 Å². The van der Waals surface area contributed by atoms with Gasteiger partial charge in [-0.2, -0.15) is 0 Å². The summed E-state index contributed by atoms with van der Waals surface area (Å²) >= 11 is 6.95. The number of hydrogen-bond donors (Lipinski definition) is 0. The largest absolute Gasteiger partial charge is 0.207 e. The Kier molecular flexibility index (Phi) is 4.68. The van der Waals surface area contributed by atoms with Crippen LogP contribution in [0.4, 0.5) is 8.78 Å². The van der Waals surface area contributed by atoms with Crippen molar-refractivity contribution in [1.82, 2.24) is 0 Å². The Bertz CT molecular complexity index is 893. The molecule has 0 spiro atoms. The van der Waals surface area contributed by atoms with Crippen LogP contribution in [0.3, 0.4) is 0 Å². The summed E-state index contributed by atoms with van der Waals surface area (Å²) in [6.07, 6.45) is 6.11. The highest BCUT2D eigenvalue weighted by Crippen LogP contribution is 2.47. The van der Waals surface area contributed by atoms with Gasteiger partial charge in [-0.05, 0) is 73.2 Å². The van der Waals surface area contributed by atoms with E-state index in [1.807, 2.05) is 0 Å². The van der Waals surface area contributed by atoms with Gasteiger partial charge in [-0.1, -0.05) is 55.2 Å². The first-order chi connectivity index (χ1) is 12.3. The lowest BCUT2D eigenvalue weighted by Gasteiger charge is -2.20. The van der Waals surface area contributed by atoms with E-state index in [-0.39, 0.29) is 23.5 Å². The second-order valence-corrected chi connectivity index (χ2v) is 8.95. The highest BCUT2D eigenvalue weighted by Gasteiger charge is 2.29. The molecule has 4 heteroatoms. The van der Waals surface area contributed by atoms with Crippen molar-refractivity contribution in [2.45, 2.75) is 38.5 Å². The third-order valence-electron chi connectivity index (χ3n) is 5.59. The first-order valence-electron chi connectivity index (χ1n) is 8.69. The molecule has 0 heterocycles. The minimum Gasteiger partial charge on any atom is -0.207 e. The molecule has 0 saturated heterocycles. The van der Waals surface area contributed by atoms with Crippen molar-refractivity contribution in [3.63, 3.8) is 0 Å². The summed E-state index contributed by atoms with van der Waals surface area (Å²) in [6.45, 7) is 4.22. The van der Waals surface area contributed by atoms with Crippen LogP contribution in [0.25, 0.3) is 12.2 Å². The van der Waals surface area contributed by atoms with E-state index in [9.17, 15) is 8.78 Å². The fourth-order valence-corrected chi connectivity index (χ4v) is 5.46. The van der Waals surface area contributed by atoms with E-state index in [2.05, 4.69) is 57.9 Å². The van der Waals surface area contributed by atoms with Gasteiger partial charge < -0.3 is 0 Å². The van der Waals surface area contributed by atoms with Crippen LogP contribution in [0.15, 0.2) is 44.4 Å². The Morgan fingerprint density at radius 1 is 0.731 bits per heavy atom. The van der Waals surface area contributed by atoms with Crippen molar-refractivity contribution in [2.75, 3.05) is 0 Å². The molecule has 0 N–H and O–H groups in total. The number of rotatable bonds is 3. The van der Waals surface area contributed by atoms with Crippen LogP contribution in [-0.2, 0) is 0 Å². The van der Waals surface area contributed by atoms with E-state index in [1.165, 1.54) is 23.3 Å². The van der Waals surface area contributed by atoms with Gasteiger partial charge in [-0.3, -0.25) is 0 Å². The molecule has 0 radical (unpaired) electrons. The average Bonchev–Trinajstić information content (AvgIpc) is 3.03. The van der Waals surface area contributed by atoms with Crippen molar-refractivity contribution in [3.8, 4) is 0 Å². The van der Waals surface area contributed by atoms with Gasteiger partial charge in [0.25, 0.3) is 0 Å². The second kappa shape index (κ2) is 6.72. The van der Waals surface area contributed by atoms with Gasteiger partial charge in [0.05, 0.1) is 0 Å². The van der Waals surface area contributed by atoms with E-state index in [1.54, 1.807) is 12.1 Å². The van der Waals surface area contributed by atoms with Gasteiger partial charge in [0.15, 0.2) is 0 Å². The van der Waals surface area contributed by atoms with Crippen molar-refractivity contribution >= 4 is 44.0 Å². The molecule has 2 atom stereocenters. The summed E-state index contributed by atoms with van der Waals surface area (Å²) in [7, 11) is 0. The second-order valence-electron chi connectivity index (χ2n) is 7.24. The molecule has 26 heavy (non-hydrogen) atoms. The molecule has 2 aromatic rings. The molecular weight excluding hydrogens is 462 g/mol. The predicted molar refractivity (Wildman–Crippen MR) is 110 cm³/mol. The van der Waals surface area contributed by atoms with E-state index >= 15 is 0 Å². The molecule has 2 aromatic carbocycles. The van der Waals surface area contributed by atoms with Crippen molar-refractivity contribution < 1.29 is 8.78 Å². The molecule has 0 aliphatic heterocycles.